The summed E-state index contributed by atoms with van der Waals surface area (Å²) in [4.78, 5) is 25.5. The second kappa shape index (κ2) is 8.44. The number of likely N-dealkylation sites (tertiary alicyclic amines) is 2. The van der Waals surface area contributed by atoms with E-state index in [0.29, 0.717) is 18.2 Å². The first-order valence-corrected chi connectivity index (χ1v) is 11.0. The third-order valence-corrected chi connectivity index (χ3v) is 6.80. The molecule has 158 valence electrons. The molecule has 2 saturated heterocycles. The van der Waals surface area contributed by atoms with Crippen LogP contribution in [0.5, 0.6) is 0 Å². The molecule has 29 heavy (non-hydrogen) atoms. The van der Waals surface area contributed by atoms with Gasteiger partial charge in [-0.05, 0) is 44.5 Å². The van der Waals surface area contributed by atoms with Crippen molar-refractivity contribution in [3.63, 3.8) is 0 Å². The van der Waals surface area contributed by atoms with E-state index in [2.05, 4.69) is 60.2 Å². The summed E-state index contributed by atoms with van der Waals surface area (Å²) in [5.74, 6) is 0.0766. The molecule has 1 aromatic carbocycles. The van der Waals surface area contributed by atoms with Gasteiger partial charge in [0.15, 0.2) is 5.60 Å². The lowest BCUT2D eigenvalue weighted by molar-refractivity contribution is -0.125. The molecule has 1 amide bonds. The van der Waals surface area contributed by atoms with Crippen molar-refractivity contribution in [2.45, 2.75) is 57.2 Å². The topological polar surface area (TPSA) is 48.4 Å². The molecule has 6 nitrogen and oxygen atoms in total. The fourth-order valence-electron chi connectivity index (χ4n) is 4.82. The highest BCUT2D eigenvalue weighted by Crippen LogP contribution is 2.35. The molecule has 0 saturated carbocycles. The van der Waals surface area contributed by atoms with Crippen LogP contribution in [0.2, 0.25) is 0 Å². The van der Waals surface area contributed by atoms with Crippen LogP contribution >= 0.6 is 0 Å². The summed E-state index contributed by atoms with van der Waals surface area (Å²) in [6.45, 7) is 6.56. The summed E-state index contributed by atoms with van der Waals surface area (Å²) in [6, 6.07) is 9.45. The van der Waals surface area contributed by atoms with Gasteiger partial charge in [-0.25, -0.2) is 0 Å². The van der Waals surface area contributed by atoms with Crippen LogP contribution in [0.3, 0.4) is 0 Å². The van der Waals surface area contributed by atoms with Gasteiger partial charge in [0, 0.05) is 51.6 Å². The third kappa shape index (κ3) is 4.48. The van der Waals surface area contributed by atoms with Gasteiger partial charge in [0.2, 0.25) is 0 Å². The first-order chi connectivity index (χ1) is 14.0. The van der Waals surface area contributed by atoms with E-state index in [1.807, 2.05) is 4.90 Å². The van der Waals surface area contributed by atoms with Gasteiger partial charge >= 0.3 is 0 Å². The number of hydrogen-bond donors (Lipinski definition) is 0. The van der Waals surface area contributed by atoms with E-state index in [4.69, 9.17) is 4.84 Å². The van der Waals surface area contributed by atoms with Crippen molar-refractivity contribution < 1.29 is 9.63 Å². The van der Waals surface area contributed by atoms with E-state index in [-0.39, 0.29) is 11.5 Å². The Morgan fingerprint density at radius 3 is 2.52 bits per heavy atom. The van der Waals surface area contributed by atoms with Gasteiger partial charge in [-0.2, -0.15) is 0 Å². The molecule has 1 aromatic rings. The quantitative estimate of drug-likeness (QED) is 0.765. The molecule has 3 aliphatic heterocycles. The van der Waals surface area contributed by atoms with Crippen LogP contribution in [0.25, 0.3) is 0 Å². The van der Waals surface area contributed by atoms with E-state index >= 15 is 0 Å². The molecule has 0 radical (unpaired) electrons. The minimum absolute atomic E-state index is 0.0766. The van der Waals surface area contributed by atoms with Crippen LogP contribution < -0.4 is 0 Å². The Morgan fingerprint density at radius 1 is 1.17 bits per heavy atom. The molecule has 6 heteroatoms. The SMILES string of the molecule is CCc1ccc(CN2CC[C@@]3(CC(C(=O)N4CCC(N(C)C)CC4)=NO3)C2)cc1. The number of amides is 1. The highest BCUT2D eigenvalue weighted by molar-refractivity contribution is 6.39. The van der Waals surface area contributed by atoms with Crippen molar-refractivity contribution in [1.29, 1.82) is 0 Å². The minimum Gasteiger partial charge on any atom is -0.387 e. The molecule has 0 aromatic heterocycles. The number of hydrogen-bond acceptors (Lipinski definition) is 5. The predicted octanol–water partition coefficient (Wildman–Crippen LogP) is 2.52. The minimum atomic E-state index is -0.309. The number of piperidine rings is 1. The van der Waals surface area contributed by atoms with Crippen LogP contribution in [-0.2, 0) is 22.6 Å². The fraction of sp³-hybridized carbons (Fsp3) is 0.652. The third-order valence-electron chi connectivity index (χ3n) is 6.80. The molecule has 3 heterocycles. The van der Waals surface area contributed by atoms with E-state index in [1.165, 1.54) is 11.1 Å². The zero-order valence-corrected chi connectivity index (χ0v) is 18.1. The van der Waals surface area contributed by atoms with Gasteiger partial charge in [-0.15, -0.1) is 0 Å². The van der Waals surface area contributed by atoms with Crippen LogP contribution in [0.4, 0.5) is 0 Å². The fourth-order valence-corrected chi connectivity index (χ4v) is 4.82. The van der Waals surface area contributed by atoms with E-state index in [1.54, 1.807) is 0 Å². The van der Waals surface area contributed by atoms with E-state index in [0.717, 1.165) is 58.4 Å². The Bertz CT molecular complexity index is 753. The maximum Gasteiger partial charge on any atom is 0.271 e. The molecule has 1 spiro atoms. The predicted molar refractivity (Wildman–Crippen MR) is 115 cm³/mol. The normalized spacial score (nSPS) is 25.7. The average molecular weight is 399 g/mol. The zero-order chi connectivity index (χ0) is 20.4. The molecular formula is C23H34N4O2. The largest absolute Gasteiger partial charge is 0.387 e. The summed E-state index contributed by atoms with van der Waals surface area (Å²) in [6.07, 6.45) is 4.71. The van der Waals surface area contributed by atoms with Gasteiger partial charge in [0.05, 0.1) is 0 Å². The van der Waals surface area contributed by atoms with Crippen molar-refractivity contribution >= 4 is 11.6 Å². The Kier molecular flexibility index (Phi) is 5.93. The molecule has 0 bridgehead atoms. The molecular weight excluding hydrogens is 364 g/mol. The van der Waals surface area contributed by atoms with Gasteiger partial charge in [-0.3, -0.25) is 9.69 Å². The summed E-state index contributed by atoms with van der Waals surface area (Å²) < 4.78 is 0. The van der Waals surface area contributed by atoms with Crippen molar-refractivity contribution in [1.82, 2.24) is 14.7 Å². The molecule has 0 N–H and O–H groups in total. The maximum atomic E-state index is 12.9. The highest BCUT2D eigenvalue weighted by Gasteiger charge is 2.47. The van der Waals surface area contributed by atoms with Crippen molar-refractivity contribution in [3.8, 4) is 0 Å². The number of carbonyl (C=O) groups is 1. The molecule has 2 fully saturated rings. The molecule has 3 aliphatic rings. The van der Waals surface area contributed by atoms with Crippen molar-refractivity contribution in [2.24, 2.45) is 5.16 Å². The first-order valence-electron chi connectivity index (χ1n) is 11.0. The lowest BCUT2D eigenvalue weighted by atomic mass is 9.95. The van der Waals surface area contributed by atoms with Crippen LogP contribution in [0.15, 0.2) is 29.4 Å². The van der Waals surface area contributed by atoms with Crippen LogP contribution in [0.1, 0.15) is 43.7 Å². The lowest BCUT2D eigenvalue weighted by Gasteiger charge is -2.35. The Hall–Kier alpha value is -1.92. The zero-order valence-electron chi connectivity index (χ0n) is 18.1. The number of benzene rings is 1. The number of aryl methyl sites for hydroxylation is 1. The second-order valence-corrected chi connectivity index (χ2v) is 9.11. The standard InChI is InChI=1S/C23H34N4O2/c1-4-18-5-7-19(8-6-18)16-26-14-11-23(17-26)15-21(24-29-23)22(28)27-12-9-20(10-13-27)25(2)3/h5-8,20H,4,9-17H2,1-3H3/t23-/m1/s1. The van der Waals surface area contributed by atoms with Gasteiger partial charge in [0.1, 0.15) is 5.71 Å². The lowest BCUT2D eigenvalue weighted by Crippen LogP contribution is -2.47. The summed E-state index contributed by atoms with van der Waals surface area (Å²) >= 11 is 0. The number of rotatable bonds is 5. The number of oxime groups is 1. The number of nitrogens with zero attached hydrogens (tertiary/aromatic N) is 4. The van der Waals surface area contributed by atoms with Gasteiger partial charge in [-0.1, -0.05) is 36.3 Å². The Morgan fingerprint density at radius 2 is 1.86 bits per heavy atom. The monoisotopic (exact) mass is 398 g/mol. The van der Waals surface area contributed by atoms with Crippen molar-refractivity contribution in [3.05, 3.63) is 35.4 Å². The summed E-state index contributed by atoms with van der Waals surface area (Å²) in [5, 5.41) is 4.25. The second-order valence-electron chi connectivity index (χ2n) is 9.11. The molecule has 0 unspecified atom stereocenters. The first kappa shape index (κ1) is 20.4. The molecule has 0 aliphatic carbocycles. The Labute approximate surface area is 174 Å². The molecule has 4 rings (SSSR count). The van der Waals surface area contributed by atoms with Crippen molar-refractivity contribution in [2.75, 3.05) is 40.3 Å². The highest BCUT2D eigenvalue weighted by atomic mass is 16.7. The summed E-state index contributed by atoms with van der Waals surface area (Å²) in [5.41, 5.74) is 3.01. The summed E-state index contributed by atoms with van der Waals surface area (Å²) in [7, 11) is 4.23. The van der Waals surface area contributed by atoms with Crippen LogP contribution in [0, 0.1) is 0 Å². The van der Waals surface area contributed by atoms with Crippen LogP contribution in [-0.4, -0.2) is 78.2 Å². The van der Waals surface area contributed by atoms with E-state index < -0.39 is 0 Å². The van der Waals surface area contributed by atoms with Gasteiger partial charge in [0.25, 0.3) is 5.91 Å². The smallest absolute Gasteiger partial charge is 0.271 e. The van der Waals surface area contributed by atoms with E-state index in [9.17, 15) is 4.79 Å². The maximum absolute atomic E-state index is 12.9. The Balaban J connectivity index is 1.29. The average Bonchev–Trinajstić information content (AvgIpc) is 3.34. The number of carbonyl (C=O) groups excluding carboxylic acids is 1. The van der Waals surface area contributed by atoms with Gasteiger partial charge < -0.3 is 14.6 Å². The molecule has 1 atom stereocenters.